The van der Waals surface area contributed by atoms with Gasteiger partial charge in [0.15, 0.2) is 0 Å². The molecule has 2 amide bonds. The third kappa shape index (κ3) is 3.76. The normalized spacial score (nSPS) is 18.6. The molecule has 4 rings (SSSR count). The molecule has 152 valence electrons. The van der Waals surface area contributed by atoms with Crippen LogP contribution in [0, 0.1) is 0 Å². The van der Waals surface area contributed by atoms with E-state index in [-0.39, 0.29) is 6.03 Å². The van der Waals surface area contributed by atoms with E-state index in [2.05, 4.69) is 20.8 Å². The Kier molecular flexibility index (Phi) is 5.36. The van der Waals surface area contributed by atoms with Crippen molar-refractivity contribution >= 4 is 39.3 Å². The predicted octanol–water partition coefficient (Wildman–Crippen LogP) is 3.22. The van der Waals surface area contributed by atoms with Crippen LogP contribution in [0.3, 0.4) is 0 Å². The number of carbonyl (C=O) groups excluding carboxylic acids is 1. The lowest BCUT2D eigenvalue weighted by molar-refractivity contribution is -0.138. The summed E-state index contributed by atoms with van der Waals surface area (Å²) in [6.07, 6.45) is 0.321. The summed E-state index contributed by atoms with van der Waals surface area (Å²) < 4.78 is 6.08. The number of carbonyl (C=O) groups is 2. The fraction of sp³-hybridized carbons (Fsp3) is 0.333. The van der Waals surface area contributed by atoms with Gasteiger partial charge in [0, 0.05) is 48.4 Å². The van der Waals surface area contributed by atoms with Crippen LogP contribution in [0.4, 0.5) is 16.2 Å². The number of anilines is 2. The van der Waals surface area contributed by atoms with Crippen molar-refractivity contribution < 1.29 is 19.4 Å². The highest BCUT2D eigenvalue weighted by molar-refractivity contribution is 9.10. The van der Waals surface area contributed by atoms with Gasteiger partial charge in [-0.05, 0) is 48.0 Å². The van der Waals surface area contributed by atoms with Gasteiger partial charge in [-0.15, -0.1) is 0 Å². The van der Waals surface area contributed by atoms with E-state index >= 15 is 0 Å². The third-order valence-corrected chi connectivity index (χ3v) is 6.00. The molecular weight excluding hydrogens is 438 g/mol. The van der Waals surface area contributed by atoms with Crippen molar-refractivity contribution in [3.05, 3.63) is 52.5 Å². The summed E-state index contributed by atoms with van der Waals surface area (Å²) in [6.45, 7) is 2.47. The van der Waals surface area contributed by atoms with E-state index in [9.17, 15) is 14.7 Å². The first-order valence-electron chi connectivity index (χ1n) is 9.46. The molecule has 1 N–H and O–H groups in total. The smallest absolute Gasteiger partial charge is 0.327 e. The van der Waals surface area contributed by atoms with Crippen LogP contribution in [0.15, 0.2) is 46.9 Å². The molecule has 2 aliphatic heterocycles. The Morgan fingerprint density at radius 2 is 1.76 bits per heavy atom. The second-order valence-electron chi connectivity index (χ2n) is 7.16. The Labute approximate surface area is 177 Å². The molecule has 2 aliphatic rings. The lowest BCUT2D eigenvalue weighted by Crippen LogP contribution is -2.55. The van der Waals surface area contributed by atoms with Crippen LogP contribution < -0.4 is 14.5 Å². The summed E-state index contributed by atoms with van der Waals surface area (Å²) in [7, 11) is 1.64. The molecule has 0 radical (unpaired) electrons. The average molecular weight is 460 g/mol. The highest BCUT2D eigenvalue weighted by Gasteiger charge is 2.40. The van der Waals surface area contributed by atoms with Crippen molar-refractivity contribution in [2.24, 2.45) is 0 Å². The van der Waals surface area contributed by atoms with Gasteiger partial charge < -0.3 is 19.6 Å². The Morgan fingerprint density at radius 1 is 1.07 bits per heavy atom. The molecule has 2 aromatic carbocycles. The van der Waals surface area contributed by atoms with E-state index in [1.165, 1.54) is 4.90 Å². The van der Waals surface area contributed by atoms with Crippen molar-refractivity contribution in [3.63, 3.8) is 0 Å². The topological polar surface area (TPSA) is 73.3 Å². The van der Waals surface area contributed by atoms with Crippen LogP contribution in [0.1, 0.15) is 5.56 Å². The highest BCUT2D eigenvalue weighted by Crippen LogP contribution is 2.35. The number of halogens is 1. The van der Waals surface area contributed by atoms with E-state index in [1.54, 1.807) is 12.0 Å². The average Bonchev–Trinajstić information content (AvgIpc) is 3.12. The van der Waals surface area contributed by atoms with Crippen molar-refractivity contribution in [1.82, 2.24) is 4.90 Å². The van der Waals surface area contributed by atoms with Crippen molar-refractivity contribution in [1.29, 1.82) is 0 Å². The van der Waals surface area contributed by atoms with Gasteiger partial charge in [0.05, 0.1) is 7.11 Å². The van der Waals surface area contributed by atoms with Gasteiger partial charge in [-0.25, -0.2) is 9.59 Å². The number of nitrogens with zero attached hydrogens (tertiary/aromatic N) is 3. The zero-order chi connectivity index (χ0) is 20.5. The molecule has 8 heteroatoms. The summed E-state index contributed by atoms with van der Waals surface area (Å²) in [5.74, 6) is -0.177. The van der Waals surface area contributed by atoms with E-state index in [0.29, 0.717) is 38.3 Å². The molecule has 2 heterocycles. The Balaban J connectivity index is 1.48. The van der Waals surface area contributed by atoms with Gasteiger partial charge in [-0.2, -0.15) is 0 Å². The second-order valence-corrected chi connectivity index (χ2v) is 8.07. The number of fused-ring (bicyclic) bond motifs is 1. The number of benzene rings is 2. The summed E-state index contributed by atoms with van der Waals surface area (Å²) in [6, 6.07) is 12.3. The van der Waals surface area contributed by atoms with Crippen LogP contribution in [0.2, 0.25) is 0 Å². The van der Waals surface area contributed by atoms with Gasteiger partial charge in [-0.3, -0.25) is 4.90 Å². The maximum absolute atomic E-state index is 13.2. The van der Waals surface area contributed by atoms with Crippen LogP contribution in [0.5, 0.6) is 5.75 Å². The Bertz CT molecular complexity index is 926. The van der Waals surface area contributed by atoms with Gasteiger partial charge in [0.2, 0.25) is 0 Å². The number of rotatable bonds is 3. The number of methoxy groups -OCH3 is 1. The van der Waals surface area contributed by atoms with Crippen molar-refractivity contribution in [3.8, 4) is 5.75 Å². The molecule has 0 bridgehead atoms. The molecule has 0 spiro atoms. The number of hydrogen-bond donors (Lipinski definition) is 1. The van der Waals surface area contributed by atoms with Crippen LogP contribution in [0.25, 0.3) is 0 Å². The lowest BCUT2D eigenvalue weighted by Gasteiger charge is -2.38. The maximum Gasteiger partial charge on any atom is 0.327 e. The van der Waals surface area contributed by atoms with Gasteiger partial charge >= 0.3 is 12.0 Å². The molecule has 29 heavy (non-hydrogen) atoms. The fourth-order valence-electron chi connectivity index (χ4n) is 3.96. The molecular formula is C21H22BrN3O4. The Hall–Kier alpha value is -2.74. The zero-order valence-corrected chi connectivity index (χ0v) is 17.6. The fourth-order valence-corrected chi connectivity index (χ4v) is 4.36. The van der Waals surface area contributed by atoms with E-state index < -0.39 is 12.0 Å². The SMILES string of the molecule is COc1ccc(N2CCN(C(=O)N3c4ccc(Br)cc4CC3C(=O)O)CC2)cc1. The number of hydrogen-bond acceptors (Lipinski definition) is 4. The monoisotopic (exact) mass is 459 g/mol. The van der Waals surface area contributed by atoms with Crippen LogP contribution in [-0.4, -0.2) is 61.3 Å². The van der Waals surface area contributed by atoms with E-state index in [4.69, 9.17) is 4.74 Å². The first-order chi connectivity index (χ1) is 14.0. The molecule has 7 nitrogen and oxygen atoms in total. The zero-order valence-electron chi connectivity index (χ0n) is 16.0. The quantitative estimate of drug-likeness (QED) is 0.762. The minimum Gasteiger partial charge on any atom is -0.497 e. The minimum atomic E-state index is -0.984. The molecule has 1 unspecified atom stereocenters. The van der Waals surface area contributed by atoms with Crippen molar-refractivity contribution in [2.45, 2.75) is 12.5 Å². The van der Waals surface area contributed by atoms with E-state index in [1.807, 2.05) is 42.5 Å². The number of carboxylic acid groups (broad SMARTS) is 1. The highest BCUT2D eigenvalue weighted by atomic mass is 79.9. The molecule has 2 aromatic rings. The molecule has 1 fully saturated rings. The third-order valence-electron chi connectivity index (χ3n) is 5.50. The number of carboxylic acids is 1. The summed E-state index contributed by atoms with van der Waals surface area (Å²) in [5, 5.41) is 9.66. The first-order valence-corrected chi connectivity index (χ1v) is 10.3. The van der Waals surface area contributed by atoms with Gasteiger partial charge in [0.1, 0.15) is 11.8 Å². The molecule has 1 saturated heterocycles. The summed E-state index contributed by atoms with van der Waals surface area (Å²) >= 11 is 3.42. The summed E-state index contributed by atoms with van der Waals surface area (Å²) in [5.41, 5.74) is 2.64. The molecule has 1 atom stereocenters. The second kappa shape index (κ2) is 7.94. The minimum absolute atomic E-state index is 0.243. The first kappa shape index (κ1) is 19.6. The van der Waals surface area contributed by atoms with Gasteiger partial charge in [-0.1, -0.05) is 15.9 Å². The largest absolute Gasteiger partial charge is 0.497 e. The number of aliphatic carboxylic acids is 1. The number of piperazine rings is 1. The standard InChI is InChI=1S/C21H22BrN3O4/c1-29-17-5-3-16(4-6-17)23-8-10-24(11-9-23)21(28)25-18-7-2-15(22)12-14(18)13-19(25)20(26)27/h2-7,12,19H,8-11,13H2,1H3,(H,26,27). The number of urea groups is 1. The summed E-state index contributed by atoms with van der Waals surface area (Å²) in [4.78, 5) is 30.4. The van der Waals surface area contributed by atoms with Crippen LogP contribution in [-0.2, 0) is 11.2 Å². The van der Waals surface area contributed by atoms with E-state index in [0.717, 1.165) is 21.5 Å². The number of amides is 2. The Morgan fingerprint density at radius 3 is 2.38 bits per heavy atom. The van der Waals surface area contributed by atoms with Gasteiger partial charge in [0.25, 0.3) is 0 Å². The molecule has 0 aliphatic carbocycles. The predicted molar refractivity (Wildman–Crippen MR) is 114 cm³/mol. The molecule has 0 saturated carbocycles. The van der Waals surface area contributed by atoms with Crippen LogP contribution >= 0.6 is 15.9 Å². The van der Waals surface area contributed by atoms with Crippen molar-refractivity contribution in [2.75, 3.05) is 43.1 Å². The maximum atomic E-state index is 13.2. The number of ether oxygens (including phenoxy) is 1. The molecule has 0 aromatic heterocycles. The lowest BCUT2D eigenvalue weighted by atomic mass is 10.1.